The van der Waals surface area contributed by atoms with E-state index in [9.17, 15) is 18.5 Å². The Morgan fingerprint density at radius 3 is 2.50 bits per heavy atom. The van der Waals surface area contributed by atoms with Gasteiger partial charge in [0.25, 0.3) is 19.9 Å². The first-order valence-corrected chi connectivity index (χ1v) is 7.62. The Labute approximate surface area is 118 Å². The van der Waals surface area contributed by atoms with Crippen LogP contribution >= 0.6 is 10.7 Å². The molecule has 10 heteroatoms. The Morgan fingerprint density at radius 1 is 1.35 bits per heavy atom. The molecule has 0 spiro atoms. The molecule has 0 unspecified atom stereocenters. The molecule has 20 heavy (non-hydrogen) atoms. The van der Waals surface area contributed by atoms with E-state index in [2.05, 4.69) is 10.2 Å². The van der Waals surface area contributed by atoms with E-state index < -0.39 is 19.1 Å². The van der Waals surface area contributed by atoms with Gasteiger partial charge in [-0.25, -0.2) is 8.42 Å². The summed E-state index contributed by atoms with van der Waals surface area (Å²) < 4.78 is 23.7. The lowest BCUT2D eigenvalue weighted by Crippen LogP contribution is -2.04. The molecule has 1 aromatic heterocycles. The fourth-order valence-corrected chi connectivity index (χ4v) is 2.70. The molecule has 0 atom stereocenters. The highest BCUT2D eigenvalue weighted by Gasteiger charge is 2.25. The van der Waals surface area contributed by atoms with Crippen LogP contribution in [-0.2, 0) is 16.1 Å². The number of nitrogens with zero attached hydrogens (tertiary/aromatic N) is 4. The van der Waals surface area contributed by atoms with Crippen LogP contribution in [-0.4, -0.2) is 28.1 Å². The van der Waals surface area contributed by atoms with Gasteiger partial charge >= 0.3 is 0 Å². The second-order valence-corrected chi connectivity index (χ2v) is 6.54. The highest BCUT2D eigenvalue weighted by molar-refractivity contribution is 8.13. The predicted octanol–water partition coefficient (Wildman–Crippen LogP) is 1.63. The monoisotopic (exact) mass is 316 g/mol. The summed E-state index contributed by atoms with van der Waals surface area (Å²) in [6.45, 7) is 1.75. The van der Waals surface area contributed by atoms with Crippen molar-refractivity contribution >= 4 is 25.4 Å². The van der Waals surface area contributed by atoms with Gasteiger partial charge in [0.15, 0.2) is 5.82 Å². The fourth-order valence-electron chi connectivity index (χ4n) is 1.75. The molecule has 0 saturated heterocycles. The van der Waals surface area contributed by atoms with Crippen molar-refractivity contribution in [2.45, 2.75) is 12.1 Å². The summed E-state index contributed by atoms with van der Waals surface area (Å²) in [5.74, 6) is 0.0552. The summed E-state index contributed by atoms with van der Waals surface area (Å²) in [7, 11) is 2.51. The first kappa shape index (κ1) is 14.4. The van der Waals surface area contributed by atoms with E-state index in [4.69, 9.17) is 10.7 Å². The molecule has 0 amide bonds. The number of rotatable bonds is 3. The van der Waals surface area contributed by atoms with Crippen molar-refractivity contribution in [1.29, 1.82) is 0 Å². The second-order valence-electron chi connectivity index (χ2n) is 4.08. The van der Waals surface area contributed by atoms with Gasteiger partial charge in [-0.05, 0) is 18.6 Å². The van der Waals surface area contributed by atoms with Crippen LogP contribution in [0.2, 0.25) is 0 Å². The third-order valence-electron chi connectivity index (χ3n) is 2.64. The Kier molecular flexibility index (Phi) is 3.48. The van der Waals surface area contributed by atoms with Gasteiger partial charge in [-0.1, -0.05) is 6.07 Å². The number of hydrogen-bond acceptors (Lipinski definition) is 6. The Hall–Kier alpha value is -2.00. The lowest BCUT2D eigenvalue weighted by molar-refractivity contribution is -0.384. The second kappa shape index (κ2) is 4.84. The molecule has 0 radical (unpaired) electrons. The SMILES string of the molecule is Cc1ccc([N+](=O)[O-])c(-c2nnc(S(=O)(=O)Cl)n2C)c1. The van der Waals surface area contributed by atoms with Crippen molar-refractivity contribution in [2.75, 3.05) is 0 Å². The van der Waals surface area contributed by atoms with E-state index in [1.54, 1.807) is 13.0 Å². The maximum atomic E-state index is 11.3. The number of nitro groups is 1. The summed E-state index contributed by atoms with van der Waals surface area (Å²) in [5, 5.41) is 17.7. The van der Waals surface area contributed by atoms with Crippen LogP contribution in [0.3, 0.4) is 0 Å². The third kappa shape index (κ3) is 2.49. The summed E-state index contributed by atoms with van der Waals surface area (Å²) in [4.78, 5) is 10.5. The van der Waals surface area contributed by atoms with Gasteiger partial charge in [0, 0.05) is 23.8 Å². The predicted molar refractivity (Wildman–Crippen MR) is 70.9 cm³/mol. The van der Waals surface area contributed by atoms with Crippen LogP contribution < -0.4 is 0 Å². The number of aromatic nitrogens is 3. The highest BCUT2D eigenvalue weighted by Crippen LogP contribution is 2.30. The van der Waals surface area contributed by atoms with Gasteiger partial charge in [0.1, 0.15) is 0 Å². The van der Waals surface area contributed by atoms with Crippen LogP contribution in [0.1, 0.15) is 5.56 Å². The molecule has 0 saturated carbocycles. The smallest absolute Gasteiger partial charge is 0.296 e. The van der Waals surface area contributed by atoms with Crippen LogP contribution in [0.5, 0.6) is 0 Å². The number of halogens is 1. The van der Waals surface area contributed by atoms with Crippen LogP contribution in [0.25, 0.3) is 11.4 Å². The van der Waals surface area contributed by atoms with Gasteiger partial charge in [-0.2, -0.15) is 0 Å². The quantitative estimate of drug-likeness (QED) is 0.483. The normalized spacial score (nSPS) is 11.6. The van der Waals surface area contributed by atoms with Gasteiger partial charge in [0.05, 0.1) is 10.5 Å². The van der Waals surface area contributed by atoms with Gasteiger partial charge in [0.2, 0.25) is 0 Å². The maximum absolute atomic E-state index is 11.3. The highest BCUT2D eigenvalue weighted by atomic mass is 35.7. The van der Waals surface area contributed by atoms with Gasteiger partial charge in [-0.3, -0.25) is 14.7 Å². The lowest BCUT2D eigenvalue weighted by Gasteiger charge is -2.04. The Balaban J connectivity index is 2.73. The van der Waals surface area contributed by atoms with Gasteiger partial charge < -0.3 is 0 Å². The lowest BCUT2D eigenvalue weighted by atomic mass is 10.1. The zero-order chi connectivity index (χ0) is 15.1. The Morgan fingerprint density at radius 2 is 2.00 bits per heavy atom. The van der Waals surface area contributed by atoms with E-state index in [1.807, 2.05) is 0 Å². The minimum Gasteiger partial charge on any atom is -0.300 e. The van der Waals surface area contributed by atoms with Crippen molar-refractivity contribution in [3.05, 3.63) is 33.9 Å². The van der Waals surface area contributed by atoms with Crippen molar-refractivity contribution in [1.82, 2.24) is 14.8 Å². The summed E-state index contributed by atoms with van der Waals surface area (Å²) in [5.41, 5.74) is 0.755. The molecule has 106 valence electrons. The molecular formula is C10H9ClN4O4S. The van der Waals surface area contributed by atoms with Crippen molar-refractivity contribution in [2.24, 2.45) is 7.05 Å². The average molecular weight is 317 g/mol. The molecule has 0 aliphatic rings. The molecule has 2 aromatic rings. The average Bonchev–Trinajstić information content (AvgIpc) is 2.70. The molecule has 0 bridgehead atoms. The molecular weight excluding hydrogens is 308 g/mol. The van der Waals surface area contributed by atoms with Crippen molar-refractivity contribution in [3.8, 4) is 11.4 Å². The topological polar surface area (TPSA) is 108 Å². The zero-order valence-electron chi connectivity index (χ0n) is 10.4. The van der Waals surface area contributed by atoms with Crippen molar-refractivity contribution in [3.63, 3.8) is 0 Å². The molecule has 0 fully saturated rings. The van der Waals surface area contributed by atoms with E-state index >= 15 is 0 Å². The fraction of sp³-hybridized carbons (Fsp3) is 0.200. The van der Waals surface area contributed by atoms with Crippen LogP contribution in [0.15, 0.2) is 23.4 Å². The van der Waals surface area contributed by atoms with Crippen LogP contribution in [0, 0.1) is 17.0 Å². The molecule has 1 heterocycles. The Bertz CT molecular complexity index is 800. The molecule has 0 N–H and O–H groups in total. The number of aryl methyl sites for hydroxylation is 1. The molecule has 0 aliphatic carbocycles. The van der Waals surface area contributed by atoms with Crippen LogP contribution in [0.4, 0.5) is 5.69 Å². The molecule has 8 nitrogen and oxygen atoms in total. The zero-order valence-corrected chi connectivity index (χ0v) is 12.0. The molecule has 2 rings (SSSR count). The third-order valence-corrected chi connectivity index (χ3v) is 3.85. The maximum Gasteiger partial charge on any atom is 0.296 e. The largest absolute Gasteiger partial charge is 0.300 e. The standard InChI is InChI=1S/C10H9ClN4O4S/c1-6-3-4-8(15(16)17)7(5-6)9-12-13-10(14(9)2)20(11,18)19/h3-5H,1-2H3. The first-order chi connectivity index (χ1) is 9.21. The number of benzene rings is 1. The number of hydrogen-bond donors (Lipinski definition) is 0. The molecule has 0 aliphatic heterocycles. The van der Waals surface area contributed by atoms with Crippen molar-refractivity contribution < 1.29 is 13.3 Å². The summed E-state index contributed by atoms with van der Waals surface area (Å²) in [6.07, 6.45) is 0. The summed E-state index contributed by atoms with van der Waals surface area (Å²) in [6, 6.07) is 4.44. The first-order valence-electron chi connectivity index (χ1n) is 5.31. The number of nitro benzene ring substituents is 1. The van der Waals surface area contributed by atoms with E-state index in [1.165, 1.54) is 19.2 Å². The van der Waals surface area contributed by atoms with E-state index in [-0.39, 0.29) is 17.1 Å². The molecule has 1 aromatic carbocycles. The van der Waals surface area contributed by atoms with Gasteiger partial charge in [-0.15, -0.1) is 10.2 Å². The minimum atomic E-state index is -4.07. The van der Waals surface area contributed by atoms with E-state index in [0.29, 0.717) is 0 Å². The minimum absolute atomic E-state index is 0.0552. The van der Waals surface area contributed by atoms with E-state index in [0.717, 1.165) is 10.1 Å². The summed E-state index contributed by atoms with van der Waals surface area (Å²) >= 11 is 0.